The van der Waals surface area contributed by atoms with Gasteiger partial charge in [0.25, 0.3) is 10.0 Å². The van der Waals surface area contributed by atoms with E-state index in [1.54, 1.807) is 18.2 Å². The summed E-state index contributed by atoms with van der Waals surface area (Å²) in [4.78, 5) is 9.82. The van der Waals surface area contributed by atoms with E-state index in [4.69, 9.17) is 5.11 Å². The summed E-state index contributed by atoms with van der Waals surface area (Å²) in [5, 5.41) is 9.39. The standard InChI is InChI=1S/C24H17F4NO4S/c25-19-12-11-18(15-6-2-1-3-7-15)23(22(19)24(26,27)28)34(32,33)29-14-16(10-13-21(30)31)17-8-4-5-9-20(17)29/h1-9,11-12,14H,10,13H2,(H,30,31). The van der Waals surface area contributed by atoms with Crippen LogP contribution in [0.4, 0.5) is 17.6 Å². The molecule has 176 valence electrons. The molecule has 0 unspecified atom stereocenters. The smallest absolute Gasteiger partial charge is 0.420 e. The van der Waals surface area contributed by atoms with Crippen molar-refractivity contribution in [1.29, 1.82) is 0 Å². The zero-order valence-corrected chi connectivity index (χ0v) is 18.2. The summed E-state index contributed by atoms with van der Waals surface area (Å²) < 4.78 is 84.8. The van der Waals surface area contributed by atoms with Crippen LogP contribution in [-0.2, 0) is 27.4 Å². The number of para-hydroxylation sites is 1. The predicted molar refractivity (Wildman–Crippen MR) is 117 cm³/mol. The Morgan fingerprint density at radius 1 is 0.941 bits per heavy atom. The van der Waals surface area contributed by atoms with Gasteiger partial charge in [-0.05, 0) is 29.7 Å². The van der Waals surface area contributed by atoms with Gasteiger partial charge in [-0.15, -0.1) is 0 Å². The van der Waals surface area contributed by atoms with Crippen molar-refractivity contribution in [3.63, 3.8) is 0 Å². The summed E-state index contributed by atoms with van der Waals surface area (Å²) in [5.41, 5.74) is -1.65. The molecule has 1 heterocycles. The minimum absolute atomic E-state index is 0.0425. The molecule has 0 atom stereocenters. The van der Waals surface area contributed by atoms with Crippen LogP contribution in [0.25, 0.3) is 22.0 Å². The Morgan fingerprint density at radius 3 is 2.24 bits per heavy atom. The van der Waals surface area contributed by atoms with Crippen LogP contribution in [0, 0.1) is 5.82 Å². The lowest BCUT2D eigenvalue weighted by Gasteiger charge is -2.19. The molecule has 0 aliphatic heterocycles. The number of aryl methyl sites for hydroxylation is 1. The molecule has 0 saturated heterocycles. The predicted octanol–water partition coefficient (Wildman–Crippen LogP) is 5.72. The molecule has 4 rings (SSSR count). The normalized spacial score (nSPS) is 12.2. The highest BCUT2D eigenvalue weighted by molar-refractivity contribution is 7.90. The van der Waals surface area contributed by atoms with Crippen LogP contribution >= 0.6 is 0 Å². The summed E-state index contributed by atoms with van der Waals surface area (Å²) in [6, 6.07) is 15.2. The van der Waals surface area contributed by atoms with E-state index in [-0.39, 0.29) is 29.5 Å². The van der Waals surface area contributed by atoms with Crippen molar-refractivity contribution < 1.29 is 35.9 Å². The Bertz CT molecular complexity index is 1490. The second-order valence-corrected chi connectivity index (χ2v) is 9.28. The van der Waals surface area contributed by atoms with Crippen molar-refractivity contribution in [1.82, 2.24) is 3.97 Å². The number of carbonyl (C=O) groups is 1. The Kier molecular flexibility index (Phi) is 5.94. The monoisotopic (exact) mass is 491 g/mol. The average Bonchev–Trinajstić information content (AvgIpc) is 3.17. The molecule has 0 saturated carbocycles. The first-order valence-corrected chi connectivity index (χ1v) is 11.5. The molecule has 0 fully saturated rings. The van der Waals surface area contributed by atoms with E-state index in [1.165, 1.54) is 36.4 Å². The SMILES string of the molecule is O=C(O)CCc1cn(S(=O)(=O)c2c(-c3ccccc3)ccc(F)c2C(F)(F)F)c2ccccc12. The second-order valence-electron chi connectivity index (χ2n) is 7.53. The van der Waals surface area contributed by atoms with Gasteiger partial charge in [-0.3, -0.25) is 4.79 Å². The van der Waals surface area contributed by atoms with Crippen molar-refractivity contribution in [2.45, 2.75) is 23.9 Å². The lowest BCUT2D eigenvalue weighted by Crippen LogP contribution is -2.21. The van der Waals surface area contributed by atoms with E-state index < -0.39 is 38.4 Å². The Balaban J connectivity index is 2.06. The number of halogens is 4. The van der Waals surface area contributed by atoms with Gasteiger partial charge < -0.3 is 5.11 Å². The summed E-state index contributed by atoms with van der Waals surface area (Å²) in [5.74, 6) is -2.83. The molecule has 34 heavy (non-hydrogen) atoms. The third-order valence-electron chi connectivity index (χ3n) is 5.36. The molecule has 0 radical (unpaired) electrons. The van der Waals surface area contributed by atoms with Crippen molar-refractivity contribution in [3.8, 4) is 11.1 Å². The lowest BCUT2D eigenvalue weighted by molar-refractivity contribution is -0.142. The molecule has 1 aromatic heterocycles. The highest BCUT2D eigenvalue weighted by atomic mass is 32.2. The molecule has 0 aliphatic carbocycles. The first-order chi connectivity index (χ1) is 16.0. The molecule has 4 aromatic rings. The number of rotatable bonds is 6. The van der Waals surface area contributed by atoms with Crippen molar-refractivity contribution in [3.05, 3.63) is 89.9 Å². The highest BCUT2D eigenvalue weighted by Gasteiger charge is 2.43. The molecular formula is C24H17F4NO4S. The molecule has 3 aromatic carbocycles. The van der Waals surface area contributed by atoms with Crippen molar-refractivity contribution >= 4 is 26.9 Å². The van der Waals surface area contributed by atoms with Crippen LogP contribution in [0.5, 0.6) is 0 Å². The molecule has 1 N–H and O–H groups in total. The van der Waals surface area contributed by atoms with Crippen LogP contribution in [0.1, 0.15) is 17.5 Å². The molecule has 0 bridgehead atoms. The minimum Gasteiger partial charge on any atom is -0.481 e. The first kappa shape index (κ1) is 23.5. The van der Waals surface area contributed by atoms with Gasteiger partial charge in [0.05, 0.1) is 5.52 Å². The van der Waals surface area contributed by atoms with Gasteiger partial charge >= 0.3 is 12.1 Å². The number of carboxylic acid groups (broad SMARTS) is 1. The molecule has 10 heteroatoms. The van der Waals surface area contributed by atoms with Crippen LogP contribution in [-0.4, -0.2) is 23.5 Å². The van der Waals surface area contributed by atoms with Crippen LogP contribution in [0.15, 0.2) is 77.8 Å². The third kappa shape index (κ3) is 4.16. The minimum atomic E-state index is -5.30. The van der Waals surface area contributed by atoms with Gasteiger partial charge in [0.2, 0.25) is 0 Å². The summed E-state index contributed by atoms with van der Waals surface area (Å²) in [7, 11) is -4.99. The summed E-state index contributed by atoms with van der Waals surface area (Å²) in [6.45, 7) is 0. The van der Waals surface area contributed by atoms with Gasteiger partial charge in [-0.1, -0.05) is 54.6 Å². The highest BCUT2D eigenvalue weighted by Crippen LogP contribution is 2.42. The average molecular weight is 491 g/mol. The Labute approximate surface area is 191 Å². The number of fused-ring (bicyclic) bond motifs is 1. The molecule has 0 aliphatic rings. The van der Waals surface area contributed by atoms with E-state index in [1.807, 2.05) is 0 Å². The fourth-order valence-electron chi connectivity index (χ4n) is 3.89. The van der Waals surface area contributed by atoms with Crippen molar-refractivity contribution in [2.24, 2.45) is 0 Å². The van der Waals surface area contributed by atoms with Crippen LogP contribution < -0.4 is 0 Å². The second kappa shape index (κ2) is 8.60. The van der Waals surface area contributed by atoms with Gasteiger partial charge in [-0.2, -0.15) is 13.2 Å². The van der Waals surface area contributed by atoms with Gasteiger partial charge in [0, 0.05) is 23.6 Å². The van der Waals surface area contributed by atoms with E-state index in [0.29, 0.717) is 21.0 Å². The Morgan fingerprint density at radius 2 is 1.59 bits per heavy atom. The maximum atomic E-state index is 14.6. The first-order valence-electron chi connectivity index (χ1n) is 10.0. The van der Waals surface area contributed by atoms with Gasteiger partial charge in [-0.25, -0.2) is 16.8 Å². The number of alkyl halides is 3. The zero-order valence-electron chi connectivity index (χ0n) is 17.4. The molecule has 0 spiro atoms. The summed E-state index contributed by atoms with van der Waals surface area (Å²) in [6.07, 6.45) is -4.55. The number of aliphatic carboxylic acids is 1. The van der Waals surface area contributed by atoms with E-state index in [0.717, 1.165) is 12.3 Å². The third-order valence-corrected chi connectivity index (χ3v) is 7.12. The number of hydrogen-bond donors (Lipinski definition) is 1. The maximum absolute atomic E-state index is 14.6. The van der Waals surface area contributed by atoms with Gasteiger partial charge in [0.1, 0.15) is 16.3 Å². The lowest BCUT2D eigenvalue weighted by atomic mass is 10.0. The maximum Gasteiger partial charge on any atom is 0.420 e. The van der Waals surface area contributed by atoms with E-state index in [9.17, 15) is 30.8 Å². The molecule has 0 amide bonds. The quantitative estimate of drug-likeness (QED) is 0.350. The number of aromatic nitrogens is 1. The molecule has 5 nitrogen and oxygen atoms in total. The molecular weight excluding hydrogens is 474 g/mol. The Hall–Kier alpha value is -3.66. The fraction of sp³-hybridized carbons (Fsp3) is 0.125. The number of hydrogen-bond acceptors (Lipinski definition) is 3. The topological polar surface area (TPSA) is 76.4 Å². The van der Waals surface area contributed by atoms with Crippen molar-refractivity contribution in [2.75, 3.05) is 0 Å². The summed E-state index contributed by atoms with van der Waals surface area (Å²) >= 11 is 0. The van der Waals surface area contributed by atoms with Crippen LogP contribution in [0.2, 0.25) is 0 Å². The van der Waals surface area contributed by atoms with Gasteiger partial charge in [0.15, 0.2) is 0 Å². The number of benzene rings is 3. The largest absolute Gasteiger partial charge is 0.481 e. The van der Waals surface area contributed by atoms with E-state index in [2.05, 4.69) is 0 Å². The van der Waals surface area contributed by atoms with E-state index >= 15 is 0 Å². The number of nitrogens with zero attached hydrogens (tertiary/aromatic N) is 1. The fourth-order valence-corrected chi connectivity index (χ4v) is 5.71. The van der Waals surface area contributed by atoms with Crippen LogP contribution in [0.3, 0.4) is 0 Å². The zero-order chi connectivity index (χ0) is 24.7. The number of carboxylic acids is 1.